The highest BCUT2D eigenvalue weighted by atomic mass is 32.2. The summed E-state index contributed by atoms with van der Waals surface area (Å²) in [5, 5.41) is 2.05. The Morgan fingerprint density at radius 1 is 1.26 bits per heavy atom. The molecule has 1 aromatic heterocycles. The fourth-order valence-corrected chi connectivity index (χ4v) is 2.56. The number of aryl methyl sites for hydroxylation is 1. The summed E-state index contributed by atoms with van der Waals surface area (Å²) in [5.41, 5.74) is -1.86. The Bertz CT molecular complexity index is 616. The van der Waals surface area contributed by atoms with Gasteiger partial charge < -0.3 is 0 Å². The standard InChI is InChI=1S/C12H11F3N2OS/c1-17-11(18)9(10(16-17)12(13,14)15)7-19-8-5-3-2-4-6-8/h2-6,16H,7H2,1H3. The summed E-state index contributed by atoms with van der Waals surface area (Å²) in [7, 11) is 1.27. The van der Waals surface area contributed by atoms with Crippen LogP contribution in [0.2, 0.25) is 0 Å². The van der Waals surface area contributed by atoms with E-state index in [1.54, 1.807) is 24.3 Å². The SMILES string of the molecule is Cn1[nH]c(C(F)(F)F)c(CSc2ccccc2)c1=O. The van der Waals surface area contributed by atoms with Crippen LogP contribution in [-0.4, -0.2) is 9.78 Å². The number of aromatic amines is 1. The van der Waals surface area contributed by atoms with Crippen LogP contribution in [0.4, 0.5) is 13.2 Å². The molecule has 0 saturated carbocycles. The first-order valence-corrected chi connectivity index (χ1v) is 6.41. The molecule has 0 amide bonds. The molecule has 0 unspecified atom stereocenters. The van der Waals surface area contributed by atoms with E-state index in [2.05, 4.69) is 5.10 Å². The largest absolute Gasteiger partial charge is 0.433 e. The minimum absolute atomic E-state index is 0.0188. The highest BCUT2D eigenvalue weighted by Gasteiger charge is 2.37. The number of nitrogens with one attached hydrogen (secondary N) is 1. The fourth-order valence-electron chi connectivity index (χ4n) is 1.64. The van der Waals surface area contributed by atoms with Crippen molar-refractivity contribution in [1.29, 1.82) is 0 Å². The van der Waals surface area contributed by atoms with Gasteiger partial charge in [0.2, 0.25) is 0 Å². The molecule has 1 aromatic carbocycles. The van der Waals surface area contributed by atoms with Crippen LogP contribution in [0.3, 0.4) is 0 Å². The van der Waals surface area contributed by atoms with Crippen LogP contribution in [0.1, 0.15) is 11.3 Å². The molecule has 19 heavy (non-hydrogen) atoms. The first-order chi connectivity index (χ1) is 8.89. The van der Waals surface area contributed by atoms with E-state index in [0.29, 0.717) is 0 Å². The molecule has 7 heteroatoms. The van der Waals surface area contributed by atoms with Gasteiger partial charge in [-0.2, -0.15) is 13.2 Å². The Morgan fingerprint density at radius 2 is 1.89 bits per heavy atom. The van der Waals surface area contributed by atoms with E-state index in [1.165, 1.54) is 18.8 Å². The third-order valence-electron chi connectivity index (χ3n) is 2.55. The topological polar surface area (TPSA) is 37.8 Å². The molecule has 0 bridgehead atoms. The van der Waals surface area contributed by atoms with Crippen LogP contribution >= 0.6 is 11.8 Å². The molecular formula is C12H11F3N2OS. The predicted octanol–water partition coefficient (Wildman–Crippen LogP) is 3.02. The van der Waals surface area contributed by atoms with Crippen molar-refractivity contribution in [1.82, 2.24) is 9.78 Å². The summed E-state index contributed by atoms with van der Waals surface area (Å²) in [6, 6.07) is 8.98. The molecule has 2 rings (SSSR count). The van der Waals surface area contributed by atoms with Gasteiger partial charge in [0.1, 0.15) is 5.69 Å². The highest BCUT2D eigenvalue weighted by Crippen LogP contribution is 2.32. The van der Waals surface area contributed by atoms with E-state index in [1.807, 2.05) is 6.07 Å². The zero-order valence-corrected chi connectivity index (χ0v) is 10.8. The number of hydrogen-bond acceptors (Lipinski definition) is 2. The molecule has 0 spiro atoms. The number of thioether (sulfide) groups is 1. The van der Waals surface area contributed by atoms with Crippen molar-refractivity contribution in [2.45, 2.75) is 16.8 Å². The minimum atomic E-state index is -4.55. The first kappa shape index (κ1) is 13.8. The number of aromatic nitrogens is 2. The second kappa shape index (κ2) is 5.16. The Labute approximate surface area is 111 Å². The number of alkyl halides is 3. The number of rotatable bonds is 3. The zero-order chi connectivity index (χ0) is 14.0. The lowest BCUT2D eigenvalue weighted by Crippen LogP contribution is -2.15. The van der Waals surface area contributed by atoms with Gasteiger partial charge in [-0.05, 0) is 12.1 Å². The summed E-state index contributed by atoms with van der Waals surface area (Å²) in [5.74, 6) is -0.0188. The maximum absolute atomic E-state index is 12.8. The van der Waals surface area contributed by atoms with Gasteiger partial charge in [0.15, 0.2) is 0 Å². The van der Waals surface area contributed by atoms with Gasteiger partial charge in [-0.25, -0.2) is 0 Å². The van der Waals surface area contributed by atoms with Crippen molar-refractivity contribution >= 4 is 11.8 Å². The van der Waals surface area contributed by atoms with Gasteiger partial charge in [-0.1, -0.05) is 18.2 Å². The number of hydrogen-bond donors (Lipinski definition) is 1. The Morgan fingerprint density at radius 3 is 2.47 bits per heavy atom. The number of H-pyrrole nitrogens is 1. The van der Waals surface area contributed by atoms with Crippen LogP contribution in [0.15, 0.2) is 40.0 Å². The summed E-state index contributed by atoms with van der Waals surface area (Å²) < 4.78 is 39.2. The molecule has 102 valence electrons. The predicted molar refractivity (Wildman–Crippen MR) is 67.0 cm³/mol. The van der Waals surface area contributed by atoms with E-state index < -0.39 is 17.4 Å². The summed E-state index contributed by atoms with van der Waals surface area (Å²) >= 11 is 1.20. The van der Waals surface area contributed by atoms with Crippen LogP contribution in [-0.2, 0) is 19.0 Å². The minimum Gasteiger partial charge on any atom is -0.291 e. The third kappa shape index (κ3) is 3.04. The molecule has 0 saturated heterocycles. The van der Waals surface area contributed by atoms with Crippen molar-refractivity contribution in [2.75, 3.05) is 0 Å². The molecule has 1 N–H and O–H groups in total. The monoisotopic (exact) mass is 288 g/mol. The summed E-state index contributed by atoms with van der Waals surface area (Å²) in [4.78, 5) is 12.5. The third-order valence-corrected chi connectivity index (χ3v) is 3.59. The van der Waals surface area contributed by atoms with Crippen molar-refractivity contribution in [3.05, 3.63) is 51.9 Å². The van der Waals surface area contributed by atoms with E-state index in [9.17, 15) is 18.0 Å². The van der Waals surface area contributed by atoms with Gasteiger partial charge in [0.05, 0.1) is 5.56 Å². The lowest BCUT2D eigenvalue weighted by molar-refractivity contribution is -0.141. The normalized spacial score (nSPS) is 11.8. The average molecular weight is 288 g/mol. The van der Waals surface area contributed by atoms with Gasteiger partial charge in [0.25, 0.3) is 5.56 Å². The molecule has 0 aliphatic rings. The van der Waals surface area contributed by atoms with E-state index >= 15 is 0 Å². The van der Waals surface area contributed by atoms with E-state index in [4.69, 9.17) is 0 Å². The average Bonchev–Trinajstić information content (AvgIpc) is 2.65. The molecule has 0 fully saturated rings. The Kier molecular flexibility index (Phi) is 3.75. The smallest absolute Gasteiger partial charge is 0.291 e. The second-order valence-corrected chi connectivity index (χ2v) is 4.98. The van der Waals surface area contributed by atoms with Gasteiger partial charge in [-0.15, -0.1) is 11.8 Å². The van der Waals surface area contributed by atoms with E-state index in [0.717, 1.165) is 9.58 Å². The molecule has 0 aliphatic heterocycles. The quantitative estimate of drug-likeness (QED) is 0.882. The van der Waals surface area contributed by atoms with Gasteiger partial charge in [-0.3, -0.25) is 14.6 Å². The molecule has 1 heterocycles. The second-order valence-electron chi connectivity index (χ2n) is 3.93. The first-order valence-electron chi connectivity index (χ1n) is 5.42. The lowest BCUT2D eigenvalue weighted by Gasteiger charge is -2.06. The van der Waals surface area contributed by atoms with Crippen molar-refractivity contribution in [3.8, 4) is 0 Å². The highest BCUT2D eigenvalue weighted by molar-refractivity contribution is 7.98. The van der Waals surface area contributed by atoms with Crippen LogP contribution < -0.4 is 5.56 Å². The number of nitrogens with zero attached hydrogens (tertiary/aromatic N) is 1. The molecular weight excluding hydrogens is 277 g/mol. The molecule has 0 atom stereocenters. The Hall–Kier alpha value is -1.63. The van der Waals surface area contributed by atoms with Crippen molar-refractivity contribution in [3.63, 3.8) is 0 Å². The molecule has 0 radical (unpaired) electrons. The summed E-state index contributed by atoms with van der Waals surface area (Å²) in [6.45, 7) is 0. The number of benzene rings is 1. The molecule has 2 aromatic rings. The van der Waals surface area contributed by atoms with Crippen LogP contribution in [0.25, 0.3) is 0 Å². The summed E-state index contributed by atoms with van der Waals surface area (Å²) in [6.07, 6.45) is -4.55. The van der Waals surface area contributed by atoms with Crippen molar-refractivity contribution < 1.29 is 13.2 Å². The fraction of sp³-hybridized carbons (Fsp3) is 0.250. The van der Waals surface area contributed by atoms with Gasteiger partial charge >= 0.3 is 6.18 Å². The maximum atomic E-state index is 12.8. The molecule has 0 aliphatic carbocycles. The zero-order valence-electron chi connectivity index (χ0n) is 9.99. The number of halogens is 3. The van der Waals surface area contributed by atoms with Crippen LogP contribution in [0.5, 0.6) is 0 Å². The van der Waals surface area contributed by atoms with Crippen LogP contribution in [0, 0.1) is 0 Å². The lowest BCUT2D eigenvalue weighted by atomic mass is 10.3. The molecule has 3 nitrogen and oxygen atoms in total. The maximum Gasteiger partial charge on any atom is 0.433 e. The Balaban J connectivity index is 2.28. The van der Waals surface area contributed by atoms with Crippen molar-refractivity contribution in [2.24, 2.45) is 7.05 Å². The van der Waals surface area contributed by atoms with E-state index in [-0.39, 0.29) is 11.3 Å². The van der Waals surface area contributed by atoms with Gasteiger partial charge in [0, 0.05) is 17.7 Å².